The van der Waals surface area contributed by atoms with Gasteiger partial charge in [0.05, 0.1) is 8.07 Å². The van der Waals surface area contributed by atoms with Crippen molar-refractivity contribution in [2.45, 2.75) is 50.1 Å². The van der Waals surface area contributed by atoms with Crippen LogP contribution in [0, 0.1) is 11.3 Å². The average Bonchev–Trinajstić information content (AvgIpc) is 2.32. The summed E-state index contributed by atoms with van der Waals surface area (Å²) in [6, 6.07) is 0. The number of alkyl halides is 3. The number of allylic oxidation sites excluding steroid dienone is 1. The van der Waals surface area contributed by atoms with Crippen LogP contribution >= 0.6 is 50.7 Å². The van der Waals surface area contributed by atoms with Gasteiger partial charge in [0, 0.05) is 17.4 Å². The summed E-state index contributed by atoms with van der Waals surface area (Å²) >= 11 is 21.5. The molecule has 19 heavy (non-hydrogen) atoms. The van der Waals surface area contributed by atoms with Crippen molar-refractivity contribution in [1.29, 1.82) is 0 Å². The predicted molar refractivity (Wildman–Crippen MR) is 91.1 cm³/mol. The third-order valence-corrected chi connectivity index (χ3v) is 9.44. The summed E-state index contributed by atoms with van der Waals surface area (Å²) in [6.07, 6.45) is 1.14. The van der Waals surface area contributed by atoms with Gasteiger partial charge in [-0.1, -0.05) is 84.2 Å². The van der Waals surface area contributed by atoms with Crippen molar-refractivity contribution in [2.75, 3.05) is 0 Å². The largest absolute Gasteiger partial charge is 0.294 e. The van der Waals surface area contributed by atoms with E-state index in [4.69, 9.17) is 34.8 Å². The van der Waals surface area contributed by atoms with Gasteiger partial charge >= 0.3 is 0 Å². The molecule has 0 aromatic heterocycles. The van der Waals surface area contributed by atoms with Crippen LogP contribution in [0.1, 0.15) is 26.7 Å². The lowest BCUT2D eigenvalue weighted by atomic mass is 9.89. The van der Waals surface area contributed by atoms with Crippen LogP contribution in [0.15, 0.2) is 9.68 Å². The predicted octanol–water partition coefficient (Wildman–Crippen LogP) is 5.89. The molecule has 0 spiro atoms. The second-order valence-corrected chi connectivity index (χ2v) is 16.0. The van der Waals surface area contributed by atoms with Gasteiger partial charge in [-0.25, -0.2) is 0 Å². The molecule has 1 aliphatic carbocycles. The van der Waals surface area contributed by atoms with Crippen LogP contribution in [0.5, 0.6) is 0 Å². The van der Waals surface area contributed by atoms with Crippen LogP contribution in [0.3, 0.4) is 0 Å². The monoisotopic (exact) mass is 404 g/mol. The molecule has 1 saturated carbocycles. The number of hydrogen-bond acceptors (Lipinski definition) is 1. The molecule has 0 amide bonds. The molecular weight excluding hydrogens is 386 g/mol. The number of rotatable bonds is 2. The van der Waals surface area contributed by atoms with Crippen molar-refractivity contribution in [3.63, 3.8) is 0 Å². The standard InChI is InChI=1S/C13H20BrCl3OSi/c1-12(2)6-8(7-13(15,16)17)9(10(12)18)11(14)19(3,4)5/h8H,6-7H2,1-5H3/b11-9-/t8-/m0/s1. The smallest absolute Gasteiger partial charge is 0.191 e. The minimum Gasteiger partial charge on any atom is -0.294 e. The lowest BCUT2D eigenvalue weighted by Gasteiger charge is -2.23. The summed E-state index contributed by atoms with van der Waals surface area (Å²) in [5.41, 5.74) is 0.490. The van der Waals surface area contributed by atoms with Crippen LogP contribution in [0.2, 0.25) is 19.6 Å². The van der Waals surface area contributed by atoms with Gasteiger partial charge in [-0.2, -0.15) is 0 Å². The van der Waals surface area contributed by atoms with E-state index < -0.39 is 11.9 Å². The molecule has 0 N–H and O–H groups in total. The second-order valence-electron chi connectivity index (χ2n) is 6.91. The Hall–Kier alpha value is 0.977. The maximum Gasteiger partial charge on any atom is 0.191 e. The van der Waals surface area contributed by atoms with Crippen LogP contribution in [0.4, 0.5) is 0 Å². The van der Waals surface area contributed by atoms with Crippen molar-refractivity contribution >= 4 is 64.6 Å². The average molecular weight is 407 g/mol. The number of carbonyl (C=O) groups is 1. The van der Waals surface area contributed by atoms with E-state index in [-0.39, 0.29) is 17.1 Å². The molecule has 110 valence electrons. The fourth-order valence-corrected chi connectivity index (χ4v) is 4.69. The quantitative estimate of drug-likeness (QED) is 0.317. The van der Waals surface area contributed by atoms with E-state index in [1.165, 1.54) is 0 Å². The first-order valence-electron chi connectivity index (χ1n) is 6.27. The molecule has 0 heterocycles. The Morgan fingerprint density at radius 1 is 1.37 bits per heavy atom. The summed E-state index contributed by atoms with van der Waals surface area (Å²) in [5, 5.41) is 0. The second kappa shape index (κ2) is 5.64. The van der Waals surface area contributed by atoms with Crippen molar-refractivity contribution in [1.82, 2.24) is 0 Å². The molecule has 0 bridgehead atoms. The van der Waals surface area contributed by atoms with Crippen LogP contribution < -0.4 is 0 Å². The van der Waals surface area contributed by atoms with Gasteiger partial charge in [0.15, 0.2) is 9.58 Å². The normalized spacial score (nSPS) is 26.8. The Labute approximate surface area is 140 Å². The van der Waals surface area contributed by atoms with Crippen molar-refractivity contribution in [3.05, 3.63) is 9.68 Å². The number of halogens is 4. The zero-order chi connectivity index (χ0) is 15.2. The molecule has 0 radical (unpaired) electrons. The molecule has 1 nitrogen and oxygen atoms in total. The molecule has 0 saturated heterocycles. The minimum atomic E-state index is -1.60. The van der Waals surface area contributed by atoms with Gasteiger partial charge < -0.3 is 0 Å². The number of carbonyl (C=O) groups excluding carboxylic acids is 1. The molecule has 1 rings (SSSR count). The minimum absolute atomic E-state index is 0.0242. The molecule has 1 atom stereocenters. The van der Waals surface area contributed by atoms with E-state index in [9.17, 15) is 4.79 Å². The lowest BCUT2D eigenvalue weighted by molar-refractivity contribution is -0.121. The fourth-order valence-electron chi connectivity index (χ4n) is 2.50. The van der Waals surface area contributed by atoms with E-state index in [1.807, 2.05) is 13.8 Å². The highest BCUT2D eigenvalue weighted by molar-refractivity contribution is 9.12. The maximum atomic E-state index is 12.6. The Morgan fingerprint density at radius 3 is 2.21 bits per heavy atom. The topological polar surface area (TPSA) is 17.1 Å². The van der Waals surface area contributed by atoms with Crippen molar-refractivity contribution in [2.24, 2.45) is 11.3 Å². The van der Waals surface area contributed by atoms with Gasteiger partial charge in [-0.15, -0.1) is 0 Å². The zero-order valence-electron chi connectivity index (χ0n) is 11.9. The summed E-state index contributed by atoms with van der Waals surface area (Å²) in [7, 11) is -1.60. The van der Waals surface area contributed by atoms with E-state index in [0.29, 0.717) is 6.42 Å². The van der Waals surface area contributed by atoms with Crippen LogP contribution in [0.25, 0.3) is 0 Å². The van der Waals surface area contributed by atoms with Crippen LogP contribution in [-0.2, 0) is 4.79 Å². The molecule has 0 aromatic rings. The Morgan fingerprint density at radius 2 is 1.84 bits per heavy atom. The van der Waals surface area contributed by atoms with E-state index in [0.717, 1.165) is 16.1 Å². The highest BCUT2D eigenvalue weighted by atomic mass is 79.9. The van der Waals surface area contributed by atoms with Crippen LogP contribution in [-0.4, -0.2) is 17.6 Å². The Balaban J connectivity index is 3.27. The first-order chi connectivity index (χ1) is 8.26. The molecule has 1 fully saturated rings. The van der Waals surface area contributed by atoms with E-state index >= 15 is 0 Å². The summed E-state index contributed by atoms with van der Waals surface area (Å²) < 4.78 is -0.251. The highest BCUT2D eigenvalue weighted by Crippen LogP contribution is 2.50. The zero-order valence-corrected chi connectivity index (χ0v) is 16.8. The summed E-state index contributed by atoms with van der Waals surface area (Å²) in [4.78, 5) is 12.6. The van der Waals surface area contributed by atoms with Gasteiger partial charge in [-0.3, -0.25) is 4.79 Å². The van der Waals surface area contributed by atoms with Gasteiger partial charge in [0.2, 0.25) is 0 Å². The molecule has 6 heteroatoms. The summed E-state index contributed by atoms with van der Waals surface area (Å²) in [5.74, 6) is 0.220. The first kappa shape index (κ1) is 18.0. The van der Waals surface area contributed by atoms with E-state index in [2.05, 4.69) is 35.6 Å². The first-order valence-corrected chi connectivity index (χ1v) is 11.7. The van der Waals surface area contributed by atoms with Crippen molar-refractivity contribution in [3.8, 4) is 0 Å². The molecule has 1 aliphatic rings. The molecular formula is C13H20BrCl3OSi. The molecule has 0 aliphatic heterocycles. The lowest BCUT2D eigenvalue weighted by Crippen LogP contribution is -2.26. The third kappa shape index (κ3) is 4.47. The number of hydrogen-bond donors (Lipinski definition) is 0. The number of Topliss-reactive ketones (excluding diaryl/α,β-unsaturated/α-hetero) is 1. The number of ketones is 1. The highest BCUT2D eigenvalue weighted by Gasteiger charge is 2.47. The maximum absolute atomic E-state index is 12.6. The van der Waals surface area contributed by atoms with Crippen molar-refractivity contribution < 1.29 is 4.79 Å². The summed E-state index contributed by atoms with van der Waals surface area (Å²) in [6.45, 7) is 10.6. The van der Waals surface area contributed by atoms with E-state index in [1.54, 1.807) is 0 Å². The fraction of sp³-hybridized carbons (Fsp3) is 0.769. The third-order valence-electron chi connectivity index (χ3n) is 3.40. The Kier molecular flexibility index (Phi) is 5.35. The Bertz CT molecular complexity index is 419. The van der Waals surface area contributed by atoms with Gasteiger partial charge in [0.25, 0.3) is 0 Å². The van der Waals surface area contributed by atoms with Gasteiger partial charge in [-0.05, 0) is 16.4 Å². The van der Waals surface area contributed by atoms with Gasteiger partial charge in [0.1, 0.15) is 0 Å². The molecule has 0 unspecified atom stereocenters. The SMILES string of the molecule is CC1(C)C[C@@H](CC(Cl)(Cl)Cl)/C(=C(\Br)[Si](C)(C)C)C1=O. The molecule has 0 aromatic carbocycles.